The SMILES string of the molecule is COc1cc(N2CCC(N3CCC(F)CC3)CC2)ccc1Nc1nccc(-c2c(-c3cccc(C(=O)NC4C(F)=CC=CC4F)c3)nc3ccccn23)n1. The van der Waals surface area contributed by atoms with Gasteiger partial charge in [0.1, 0.15) is 35.6 Å². The van der Waals surface area contributed by atoms with Crippen LogP contribution in [0.3, 0.4) is 0 Å². The van der Waals surface area contributed by atoms with Crippen molar-refractivity contribution in [2.75, 3.05) is 43.5 Å². The van der Waals surface area contributed by atoms with E-state index >= 15 is 0 Å². The van der Waals surface area contributed by atoms with Crippen molar-refractivity contribution in [1.82, 2.24) is 29.6 Å². The molecule has 1 aliphatic carbocycles. The molecule has 1 amide bonds. The highest BCUT2D eigenvalue weighted by molar-refractivity contribution is 5.96. The maximum absolute atomic E-state index is 14.4. The van der Waals surface area contributed by atoms with E-state index < -0.39 is 30.1 Å². The van der Waals surface area contributed by atoms with Crippen molar-refractivity contribution in [2.24, 2.45) is 0 Å². The normalized spacial score (nSPS) is 19.9. The first-order chi connectivity index (χ1) is 26.3. The van der Waals surface area contributed by atoms with Crippen LogP contribution in [-0.4, -0.2) is 87.9 Å². The molecule has 54 heavy (non-hydrogen) atoms. The van der Waals surface area contributed by atoms with Gasteiger partial charge in [-0.2, -0.15) is 0 Å². The molecule has 13 heteroatoms. The number of nitrogens with one attached hydrogen (secondary N) is 2. The fourth-order valence-corrected chi connectivity index (χ4v) is 7.62. The largest absolute Gasteiger partial charge is 0.494 e. The van der Waals surface area contributed by atoms with Gasteiger partial charge in [0.15, 0.2) is 0 Å². The third kappa shape index (κ3) is 7.28. The summed E-state index contributed by atoms with van der Waals surface area (Å²) in [6, 6.07) is 19.4. The molecule has 2 aliphatic heterocycles. The predicted molar refractivity (Wildman–Crippen MR) is 203 cm³/mol. The molecule has 0 saturated carbocycles. The van der Waals surface area contributed by atoms with Crippen LogP contribution in [0.1, 0.15) is 36.0 Å². The third-order valence-electron chi connectivity index (χ3n) is 10.5. The number of amides is 1. The number of anilines is 3. The van der Waals surface area contributed by atoms with Crippen molar-refractivity contribution in [3.05, 3.63) is 109 Å². The summed E-state index contributed by atoms with van der Waals surface area (Å²) in [5, 5.41) is 5.81. The molecular weight excluding hydrogens is 693 g/mol. The second kappa shape index (κ2) is 15.3. The fraction of sp³-hybridized carbons (Fsp3) is 0.317. The Kier molecular flexibility index (Phi) is 10.0. The Morgan fingerprint density at radius 3 is 2.56 bits per heavy atom. The average Bonchev–Trinajstić information content (AvgIpc) is 3.60. The molecule has 0 bridgehead atoms. The predicted octanol–water partition coefficient (Wildman–Crippen LogP) is 7.47. The molecule has 3 aliphatic rings. The van der Waals surface area contributed by atoms with Crippen molar-refractivity contribution < 1.29 is 22.7 Å². The highest BCUT2D eigenvalue weighted by Crippen LogP contribution is 2.36. The molecule has 10 nitrogen and oxygen atoms in total. The number of carbonyl (C=O) groups is 1. The standard InChI is InChI=1S/C41H41F3N8O2/c1-54-35-25-30(51-22-16-29(17-23-51)50-20-14-28(42)15-21-50)11-12-33(35)46-41-45-18-13-34(47-41)39-37(48-36-10-2-3-19-52(36)39)26-6-4-7-27(24-26)40(53)49-38-31(43)8-5-9-32(38)44/h2-13,18-19,24-25,28-29,31,38H,14-17,20-23H2,1H3,(H,49,53)(H,45,46,47). The zero-order chi connectivity index (χ0) is 37.2. The van der Waals surface area contributed by atoms with Crippen LogP contribution < -0.4 is 20.3 Å². The molecule has 3 aromatic heterocycles. The van der Waals surface area contributed by atoms with Gasteiger partial charge in [0.25, 0.3) is 5.91 Å². The Labute approximate surface area is 311 Å². The second-order valence-corrected chi connectivity index (χ2v) is 13.9. The molecule has 0 spiro atoms. The van der Waals surface area contributed by atoms with Crippen molar-refractivity contribution in [2.45, 2.75) is 50.1 Å². The first-order valence-electron chi connectivity index (χ1n) is 18.3. The van der Waals surface area contributed by atoms with E-state index in [9.17, 15) is 18.0 Å². The molecule has 5 aromatic rings. The van der Waals surface area contributed by atoms with Crippen LogP contribution in [0.5, 0.6) is 5.75 Å². The maximum atomic E-state index is 14.4. The summed E-state index contributed by atoms with van der Waals surface area (Å²) in [5.41, 5.74) is 5.10. The van der Waals surface area contributed by atoms with Crippen LogP contribution >= 0.6 is 0 Å². The lowest BCUT2D eigenvalue weighted by Gasteiger charge is -2.41. The minimum absolute atomic E-state index is 0.230. The van der Waals surface area contributed by atoms with E-state index in [4.69, 9.17) is 14.7 Å². The van der Waals surface area contributed by atoms with Crippen LogP contribution in [0.2, 0.25) is 0 Å². The number of alkyl halides is 2. The number of nitrogens with zero attached hydrogens (tertiary/aromatic N) is 6. The van der Waals surface area contributed by atoms with Crippen LogP contribution in [0, 0.1) is 0 Å². The smallest absolute Gasteiger partial charge is 0.251 e. The van der Waals surface area contributed by atoms with E-state index in [0.717, 1.165) is 50.8 Å². The zero-order valence-corrected chi connectivity index (χ0v) is 29.8. The van der Waals surface area contributed by atoms with Crippen LogP contribution in [-0.2, 0) is 0 Å². The van der Waals surface area contributed by atoms with E-state index in [1.54, 1.807) is 37.6 Å². The Bertz CT molecular complexity index is 2210. The number of pyridine rings is 1. The Balaban J connectivity index is 1.03. The monoisotopic (exact) mass is 734 g/mol. The summed E-state index contributed by atoms with van der Waals surface area (Å²) in [6.07, 6.45) is 8.21. The number of carbonyl (C=O) groups excluding carboxylic acids is 1. The van der Waals surface area contributed by atoms with E-state index in [1.807, 2.05) is 47.0 Å². The summed E-state index contributed by atoms with van der Waals surface area (Å²) in [5.74, 6) is -0.361. The minimum atomic E-state index is -1.67. The molecule has 5 heterocycles. The number of benzene rings is 2. The molecule has 2 unspecified atom stereocenters. The number of methoxy groups -OCH3 is 1. The zero-order valence-electron chi connectivity index (χ0n) is 29.8. The highest BCUT2D eigenvalue weighted by Gasteiger charge is 2.30. The molecule has 0 radical (unpaired) electrons. The Morgan fingerprint density at radius 1 is 0.926 bits per heavy atom. The van der Waals surface area contributed by atoms with Gasteiger partial charge < -0.3 is 25.2 Å². The van der Waals surface area contributed by atoms with E-state index in [-0.39, 0.29) is 5.56 Å². The maximum Gasteiger partial charge on any atom is 0.251 e. The number of piperidine rings is 2. The lowest BCUT2D eigenvalue weighted by Crippen LogP contribution is -2.48. The number of aromatic nitrogens is 4. The first kappa shape index (κ1) is 35.3. The first-order valence-corrected chi connectivity index (χ1v) is 18.3. The molecule has 2 atom stereocenters. The van der Waals surface area contributed by atoms with Crippen LogP contribution in [0.4, 0.5) is 30.5 Å². The number of fused-ring (bicyclic) bond motifs is 1. The van der Waals surface area contributed by atoms with Gasteiger partial charge in [-0.25, -0.2) is 28.1 Å². The highest BCUT2D eigenvalue weighted by atomic mass is 19.1. The second-order valence-electron chi connectivity index (χ2n) is 13.9. The van der Waals surface area contributed by atoms with Gasteiger partial charge in [-0.05, 0) is 80.3 Å². The van der Waals surface area contributed by atoms with Crippen LogP contribution in [0.25, 0.3) is 28.3 Å². The number of hydrogen-bond acceptors (Lipinski definition) is 8. The number of ether oxygens (including phenoxy) is 1. The molecule has 8 rings (SSSR count). The summed E-state index contributed by atoms with van der Waals surface area (Å²) >= 11 is 0. The van der Waals surface area contributed by atoms with E-state index in [0.29, 0.717) is 64.6 Å². The Hall–Kier alpha value is -5.69. The third-order valence-corrected chi connectivity index (χ3v) is 10.5. The number of likely N-dealkylation sites (tertiary alicyclic amines) is 1. The Morgan fingerprint density at radius 2 is 1.76 bits per heavy atom. The molecule has 2 N–H and O–H groups in total. The van der Waals surface area contributed by atoms with Gasteiger partial charge in [-0.1, -0.05) is 24.3 Å². The molecule has 278 valence electrons. The quantitative estimate of drug-likeness (QED) is 0.161. The van der Waals surface area contributed by atoms with Crippen molar-refractivity contribution >= 4 is 28.9 Å². The fourth-order valence-electron chi connectivity index (χ4n) is 7.62. The summed E-state index contributed by atoms with van der Waals surface area (Å²) in [6.45, 7) is 3.53. The molecule has 2 saturated heterocycles. The minimum Gasteiger partial charge on any atom is -0.494 e. The van der Waals surface area contributed by atoms with Crippen LogP contribution in [0.15, 0.2) is 103 Å². The van der Waals surface area contributed by atoms with Gasteiger partial charge in [0.05, 0.1) is 29.9 Å². The molecule has 2 aromatic carbocycles. The van der Waals surface area contributed by atoms with Crippen molar-refractivity contribution in [1.29, 1.82) is 0 Å². The van der Waals surface area contributed by atoms with Crippen molar-refractivity contribution in [3.8, 4) is 28.4 Å². The number of halogens is 3. The average molecular weight is 735 g/mol. The summed E-state index contributed by atoms with van der Waals surface area (Å²) in [7, 11) is 1.64. The summed E-state index contributed by atoms with van der Waals surface area (Å²) < 4.78 is 50.2. The number of rotatable bonds is 9. The number of allylic oxidation sites excluding steroid dienone is 2. The van der Waals surface area contributed by atoms with Crippen molar-refractivity contribution in [3.63, 3.8) is 0 Å². The van der Waals surface area contributed by atoms with Gasteiger partial charge >= 0.3 is 0 Å². The van der Waals surface area contributed by atoms with Gasteiger partial charge in [0.2, 0.25) is 5.95 Å². The number of imidazole rings is 1. The lowest BCUT2D eigenvalue weighted by atomic mass is 9.99. The van der Waals surface area contributed by atoms with E-state index in [2.05, 4.69) is 31.5 Å². The molecule has 2 fully saturated rings. The van der Waals surface area contributed by atoms with E-state index in [1.165, 1.54) is 12.2 Å². The lowest BCUT2D eigenvalue weighted by molar-refractivity contribution is 0.0921. The van der Waals surface area contributed by atoms with Gasteiger partial charge in [-0.3, -0.25) is 9.20 Å². The van der Waals surface area contributed by atoms with Gasteiger partial charge in [-0.15, -0.1) is 0 Å². The molecular formula is C41H41F3N8O2. The topological polar surface area (TPSA) is 99.9 Å². The summed E-state index contributed by atoms with van der Waals surface area (Å²) in [4.78, 5) is 32.3. The number of hydrogen-bond donors (Lipinski definition) is 2. The van der Waals surface area contributed by atoms with Gasteiger partial charge in [0, 0.05) is 67.5 Å².